The number of carbonyl (C=O) groups excluding carboxylic acids is 2. The molecule has 0 spiro atoms. The Morgan fingerprint density at radius 3 is 2.52 bits per heavy atom. The maximum Gasteiger partial charge on any atom is 0.350 e. The SMILES string of the molecule is CCc1ccc(-c2nc(C)c(C(=O)OCC(=O)Nc3nc(C)cs3)s2)cc1. The molecule has 0 aliphatic carbocycles. The average Bonchev–Trinajstić information content (AvgIpc) is 3.25. The van der Waals surface area contributed by atoms with Gasteiger partial charge in [-0.25, -0.2) is 14.8 Å². The van der Waals surface area contributed by atoms with Crippen LogP contribution in [0.4, 0.5) is 5.13 Å². The number of nitrogens with zero attached hydrogens (tertiary/aromatic N) is 2. The third kappa shape index (κ3) is 4.78. The fourth-order valence-corrected chi connectivity index (χ4v) is 4.03. The molecular formula is C19H19N3O3S2. The first kappa shape index (κ1) is 19.2. The molecule has 0 bridgehead atoms. The van der Waals surface area contributed by atoms with Crippen molar-refractivity contribution >= 4 is 39.7 Å². The molecule has 3 rings (SSSR count). The second-order valence-corrected chi connectivity index (χ2v) is 7.76. The molecule has 0 atom stereocenters. The van der Waals surface area contributed by atoms with Crippen molar-refractivity contribution in [3.63, 3.8) is 0 Å². The normalized spacial score (nSPS) is 10.6. The summed E-state index contributed by atoms with van der Waals surface area (Å²) in [4.78, 5) is 33.2. The molecule has 2 aromatic heterocycles. The smallest absolute Gasteiger partial charge is 0.350 e. The Hall–Kier alpha value is -2.58. The second kappa shape index (κ2) is 8.41. The summed E-state index contributed by atoms with van der Waals surface area (Å²) in [5, 5.41) is 5.68. The summed E-state index contributed by atoms with van der Waals surface area (Å²) < 4.78 is 5.13. The van der Waals surface area contributed by atoms with E-state index in [1.807, 2.05) is 24.4 Å². The van der Waals surface area contributed by atoms with Gasteiger partial charge >= 0.3 is 5.97 Å². The van der Waals surface area contributed by atoms with E-state index in [0.717, 1.165) is 22.7 Å². The number of ether oxygens (including phenoxy) is 1. The molecule has 6 nitrogen and oxygen atoms in total. The molecule has 0 aliphatic heterocycles. The molecule has 27 heavy (non-hydrogen) atoms. The monoisotopic (exact) mass is 401 g/mol. The predicted octanol–water partition coefficient (Wildman–Crippen LogP) is 4.24. The Morgan fingerprint density at radius 2 is 1.89 bits per heavy atom. The van der Waals surface area contributed by atoms with Gasteiger partial charge in [0.05, 0.1) is 11.4 Å². The third-order valence-corrected chi connectivity index (χ3v) is 5.85. The zero-order valence-corrected chi connectivity index (χ0v) is 16.9. The van der Waals surface area contributed by atoms with Crippen molar-refractivity contribution in [2.45, 2.75) is 27.2 Å². The van der Waals surface area contributed by atoms with Crippen LogP contribution in [0.2, 0.25) is 0 Å². The van der Waals surface area contributed by atoms with Crippen LogP contribution in [0.5, 0.6) is 0 Å². The van der Waals surface area contributed by atoms with Gasteiger partial charge in [0.15, 0.2) is 11.7 Å². The first-order chi connectivity index (χ1) is 13.0. The molecule has 140 valence electrons. The number of rotatable bonds is 6. The average molecular weight is 402 g/mol. The summed E-state index contributed by atoms with van der Waals surface area (Å²) in [5.74, 6) is -0.970. The fraction of sp³-hybridized carbons (Fsp3) is 0.263. The van der Waals surface area contributed by atoms with E-state index >= 15 is 0 Å². The van der Waals surface area contributed by atoms with Crippen LogP contribution < -0.4 is 5.32 Å². The molecule has 0 saturated carbocycles. The molecular weight excluding hydrogens is 382 g/mol. The number of amides is 1. The van der Waals surface area contributed by atoms with E-state index in [9.17, 15) is 9.59 Å². The summed E-state index contributed by atoms with van der Waals surface area (Å²) in [7, 11) is 0. The van der Waals surface area contributed by atoms with Crippen LogP contribution in [-0.2, 0) is 16.0 Å². The Kier molecular flexibility index (Phi) is 5.98. The number of anilines is 1. The Labute approximate surface area is 165 Å². The maximum absolute atomic E-state index is 12.3. The van der Waals surface area contributed by atoms with Gasteiger partial charge in [-0.3, -0.25) is 10.1 Å². The van der Waals surface area contributed by atoms with E-state index in [1.165, 1.54) is 28.2 Å². The molecule has 1 amide bonds. The van der Waals surface area contributed by atoms with Gasteiger partial charge in [0.1, 0.15) is 9.88 Å². The van der Waals surface area contributed by atoms with Gasteiger partial charge in [-0.2, -0.15) is 0 Å². The zero-order valence-electron chi connectivity index (χ0n) is 15.2. The van der Waals surface area contributed by atoms with Crippen LogP contribution in [-0.4, -0.2) is 28.5 Å². The number of benzene rings is 1. The molecule has 1 aromatic carbocycles. The number of carbonyl (C=O) groups is 2. The van der Waals surface area contributed by atoms with Gasteiger partial charge in [-0.05, 0) is 25.8 Å². The molecule has 0 saturated heterocycles. The number of hydrogen-bond acceptors (Lipinski definition) is 7. The van der Waals surface area contributed by atoms with Crippen molar-refractivity contribution in [2.75, 3.05) is 11.9 Å². The van der Waals surface area contributed by atoms with Gasteiger partial charge in [0, 0.05) is 10.9 Å². The molecule has 2 heterocycles. The van der Waals surface area contributed by atoms with Crippen LogP contribution in [0, 0.1) is 13.8 Å². The van der Waals surface area contributed by atoms with Crippen LogP contribution in [0.3, 0.4) is 0 Å². The Bertz CT molecular complexity index is 961. The highest BCUT2D eigenvalue weighted by Gasteiger charge is 2.19. The standard InChI is InChI=1S/C19H19N3O3S2/c1-4-13-5-7-14(8-6-13)17-21-12(3)16(27-17)18(24)25-9-15(23)22-19-20-11(2)10-26-19/h5-8,10H,4,9H2,1-3H3,(H,20,22,23). The minimum atomic E-state index is -0.549. The fourth-order valence-electron chi connectivity index (χ4n) is 2.36. The lowest BCUT2D eigenvalue weighted by Gasteiger charge is -2.03. The lowest BCUT2D eigenvalue weighted by atomic mass is 10.1. The van der Waals surface area contributed by atoms with Crippen molar-refractivity contribution in [3.8, 4) is 10.6 Å². The maximum atomic E-state index is 12.3. The highest BCUT2D eigenvalue weighted by molar-refractivity contribution is 7.17. The van der Waals surface area contributed by atoms with E-state index in [2.05, 4.69) is 34.3 Å². The quantitative estimate of drug-likeness (QED) is 0.625. The number of nitrogens with one attached hydrogen (secondary N) is 1. The Morgan fingerprint density at radius 1 is 1.15 bits per heavy atom. The van der Waals surface area contributed by atoms with Gasteiger partial charge < -0.3 is 4.74 Å². The molecule has 0 unspecified atom stereocenters. The molecule has 8 heteroatoms. The topological polar surface area (TPSA) is 81.2 Å². The zero-order chi connectivity index (χ0) is 19.4. The van der Waals surface area contributed by atoms with Crippen molar-refractivity contribution in [3.05, 3.63) is 51.5 Å². The van der Waals surface area contributed by atoms with E-state index in [-0.39, 0.29) is 6.61 Å². The number of aromatic nitrogens is 2. The molecule has 0 fully saturated rings. The summed E-state index contributed by atoms with van der Waals surface area (Å²) >= 11 is 2.59. The highest BCUT2D eigenvalue weighted by atomic mass is 32.1. The van der Waals surface area contributed by atoms with E-state index in [4.69, 9.17) is 4.74 Å². The minimum absolute atomic E-state index is 0.366. The van der Waals surface area contributed by atoms with Crippen LogP contribution >= 0.6 is 22.7 Å². The van der Waals surface area contributed by atoms with E-state index in [1.54, 1.807) is 6.92 Å². The lowest BCUT2D eigenvalue weighted by Crippen LogP contribution is -2.20. The third-order valence-electron chi connectivity index (χ3n) is 3.79. The second-order valence-electron chi connectivity index (χ2n) is 5.90. The van der Waals surface area contributed by atoms with Crippen LogP contribution in [0.1, 0.15) is 33.5 Å². The summed E-state index contributed by atoms with van der Waals surface area (Å²) in [6, 6.07) is 8.09. The van der Waals surface area contributed by atoms with Crippen molar-refractivity contribution < 1.29 is 14.3 Å². The molecule has 3 aromatic rings. The van der Waals surface area contributed by atoms with Crippen molar-refractivity contribution in [2.24, 2.45) is 0 Å². The van der Waals surface area contributed by atoms with Crippen LogP contribution in [0.25, 0.3) is 10.6 Å². The van der Waals surface area contributed by atoms with Crippen LogP contribution in [0.15, 0.2) is 29.6 Å². The highest BCUT2D eigenvalue weighted by Crippen LogP contribution is 2.28. The van der Waals surface area contributed by atoms with Crippen molar-refractivity contribution in [1.82, 2.24) is 9.97 Å². The van der Waals surface area contributed by atoms with Gasteiger partial charge in [-0.1, -0.05) is 31.2 Å². The molecule has 0 aliphatic rings. The van der Waals surface area contributed by atoms with Gasteiger partial charge in [0.25, 0.3) is 5.91 Å². The summed E-state index contributed by atoms with van der Waals surface area (Å²) in [6.07, 6.45) is 0.970. The number of esters is 1. The number of hydrogen-bond donors (Lipinski definition) is 1. The first-order valence-corrected chi connectivity index (χ1v) is 10.1. The molecule has 1 N–H and O–H groups in total. The number of aryl methyl sites for hydroxylation is 3. The number of thiazole rings is 2. The van der Waals surface area contributed by atoms with Gasteiger partial charge in [0.2, 0.25) is 0 Å². The van der Waals surface area contributed by atoms with E-state index < -0.39 is 11.9 Å². The van der Waals surface area contributed by atoms with Crippen molar-refractivity contribution in [1.29, 1.82) is 0 Å². The predicted molar refractivity (Wildman–Crippen MR) is 107 cm³/mol. The Balaban J connectivity index is 1.62. The molecule has 0 radical (unpaired) electrons. The minimum Gasteiger partial charge on any atom is -0.451 e. The summed E-state index contributed by atoms with van der Waals surface area (Å²) in [6.45, 7) is 5.33. The van der Waals surface area contributed by atoms with Gasteiger partial charge in [-0.15, -0.1) is 22.7 Å². The lowest BCUT2D eigenvalue weighted by molar-refractivity contribution is -0.119. The first-order valence-electron chi connectivity index (χ1n) is 8.42. The van der Waals surface area contributed by atoms with E-state index in [0.29, 0.717) is 15.7 Å². The summed E-state index contributed by atoms with van der Waals surface area (Å²) in [5.41, 5.74) is 3.62. The largest absolute Gasteiger partial charge is 0.451 e.